The molecule has 150 valence electrons. The van der Waals surface area contributed by atoms with Crippen LogP contribution in [-0.4, -0.2) is 38.3 Å². The number of aryl methyl sites for hydroxylation is 1. The summed E-state index contributed by atoms with van der Waals surface area (Å²) in [5, 5.41) is 2.80. The minimum Gasteiger partial charge on any atom is -0.484 e. The Kier molecular flexibility index (Phi) is 6.70. The van der Waals surface area contributed by atoms with Crippen LogP contribution in [0.15, 0.2) is 53.4 Å². The van der Waals surface area contributed by atoms with E-state index in [-0.39, 0.29) is 17.4 Å². The van der Waals surface area contributed by atoms with Crippen LogP contribution >= 0.6 is 0 Å². The Bertz CT molecular complexity index is 887. The predicted octanol–water partition coefficient (Wildman–Crippen LogP) is 2.86. The lowest BCUT2D eigenvalue weighted by atomic mass is 10.1. The number of ether oxygens (including phenoxy) is 1. The second kappa shape index (κ2) is 9.21. The number of piperidine rings is 1. The van der Waals surface area contributed by atoms with Crippen LogP contribution in [0.1, 0.15) is 30.4 Å². The lowest BCUT2D eigenvalue weighted by Crippen LogP contribution is -2.35. The molecule has 0 aromatic heterocycles. The number of carbonyl (C=O) groups is 1. The second-order valence-electron chi connectivity index (χ2n) is 6.99. The summed E-state index contributed by atoms with van der Waals surface area (Å²) in [7, 11) is -3.45. The maximum absolute atomic E-state index is 12.6. The molecule has 0 bridgehead atoms. The summed E-state index contributed by atoms with van der Waals surface area (Å²) in [5.41, 5.74) is 2.19. The number of carbonyl (C=O) groups excluding carboxylic acids is 1. The van der Waals surface area contributed by atoms with Crippen molar-refractivity contribution in [3.05, 3.63) is 59.7 Å². The first kappa shape index (κ1) is 20.4. The minimum atomic E-state index is -3.45. The fourth-order valence-electron chi connectivity index (χ4n) is 3.07. The average Bonchev–Trinajstić information content (AvgIpc) is 2.73. The van der Waals surface area contributed by atoms with Crippen LogP contribution < -0.4 is 10.1 Å². The summed E-state index contributed by atoms with van der Waals surface area (Å²) in [6, 6.07) is 14.2. The number of nitrogens with one attached hydrogen (secondary N) is 1. The number of amides is 1. The number of rotatable bonds is 7. The van der Waals surface area contributed by atoms with Gasteiger partial charge in [0.1, 0.15) is 5.75 Å². The van der Waals surface area contributed by atoms with Crippen molar-refractivity contribution < 1.29 is 17.9 Å². The average molecular weight is 403 g/mol. The molecule has 0 spiro atoms. The molecule has 1 saturated heterocycles. The van der Waals surface area contributed by atoms with Crippen molar-refractivity contribution in [3.63, 3.8) is 0 Å². The third-order valence-corrected chi connectivity index (χ3v) is 6.67. The van der Waals surface area contributed by atoms with E-state index in [1.807, 2.05) is 31.2 Å². The Morgan fingerprint density at radius 2 is 1.64 bits per heavy atom. The largest absolute Gasteiger partial charge is 0.484 e. The zero-order valence-corrected chi connectivity index (χ0v) is 16.9. The third kappa shape index (κ3) is 5.33. The Labute approximate surface area is 166 Å². The van der Waals surface area contributed by atoms with Gasteiger partial charge >= 0.3 is 0 Å². The molecule has 1 amide bonds. The predicted molar refractivity (Wildman–Crippen MR) is 108 cm³/mol. The Balaban J connectivity index is 1.49. The third-order valence-electron chi connectivity index (χ3n) is 4.76. The van der Waals surface area contributed by atoms with E-state index in [4.69, 9.17) is 4.74 Å². The van der Waals surface area contributed by atoms with E-state index >= 15 is 0 Å². The molecule has 7 heteroatoms. The Morgan fingerprint density at radius 3 is 2.29 bits per heavy atom. The number of hydrogen-bond acceptors (Lipinski definition) is 4. The van der Waals surface area contributed by atoms with Gasteiger partial charge in [-0.3, -0.25) is 4.79 Å². The van der Waals surface area contributed by atoms with Crippen LogP contribution in [0.3, 0.4) is 0 Å². The van der Waals surface area contributed by atoms with Gasteiger partial charge in [0.2, 0.25) is 10.0 Å². The van der Waals surface area contributed by atoms with Crippen LogP contribution in [0.4, 0.5) is 0 Å². The van der Waals surface area contributed by atoms with Crippen LogP contribution in [0, 0.1) is 6.92 Å². The van der Waals surface area contributed by atoms with E-state index in [9.17, 15) is 13.2 Å². The fraction of sp³-hybridized carbons (Fsp3) is 0.381. The SMILES string of the molecule is Cc1ccc(CNC(=O)COc2ccc(S(=O)(=O)N3CCCCC3)cc2)cc1. The highest BCUT2D eigenvalue weighted by molar-refractivity contribution is 7.89. The molecule has 1 N–H and O–H groups in total. The van der Waals surface area contributed by atoms with Crippen LogP contribution in [0.2, 0.25) is 0 Å². The van der Waals surface area contributed by atoms with E-state index in [0.717, 1.165) is 24.8 Å². The van der Waals surface area contributed by atoms with E-state index in [0.29, 0.717) is 25.4 Å². The van der Waals surface area contributed by atoms with Crippen molar-refractivity contribution in [2.24, 2.45) is 0 Å². The van der Waals surface area contributed by atoms with Crippen LogP contribution in [0.25, 0.3) is 0 Å². The normalized spacial score (nSPS) is 15.2. The van der Waals surface area contributed by atoms with Gasteiger partial charge < -0.3 is 10.1 Å². The summed E-state index contributed by atoms with van der Waals surface area (Å²) in [5.74, 6) is 0.230. The smallest absolute Gasteiger partial charge is 0.258 e. The first-order chi connectivity index (χ1) is 13.4. The van der Waals surface area contributed by atoms with E-state index in [1.54, 1.807) is 12.1 Å². The molecule has 2 aromatic carbocycles. The quantitative estimate of drug-likeness (QED) is 0.773. The zero-order chi connectivity index (χ0) is 20.0. The van der Waals surface area contributed by atoms with Gasteiger partial charge in [0.25, 0.3) is 5.91 Å². The summed E-state index contributed by atoms with van der Waals surface area (Å²) in [4.78, 5) is 12.2. The van der Waals surface area contributed by atoms with E-state index in [2.05, 4.69) is 5.32 Å². The summed E-state index contributed by atoms with van der Waals surface area (Å²) in [6.45, 7) is 3.47. The number of hydrogen-bond donors (Lipinski definition) is 1. The zero-order valence-electron chi connectivity index (χ0n) is 16.1. The highest BCUT2D eigenvalue weighted by Crippen LogP contribution is 2.22. The molecule has 6 nitrogen and oxygen atoms in total. The maximum Gasteiger partial charge on any atom is 0.258 e. The lowest BCUT2D eigenvalue weighted by Gasteiger charge is -2.25. The molecule has 1 heterocycles. The summed E-state index contributed by atoms with van der Waals surface area (Å²) >= 11 is 0. The molecule has 0 atom stereocenters. The monoisotopic (exact) mass is 402 g/mol. The molecule has 1 fully saturated rings. The standard InChI is InChI=1S/C21H26N2O4S/c1-17-5-7-18(8-6-17)15-22-21(24)16-27-19-9-11-20(12-10-19)28(25,26)23-13-3-2-4-14-23/h5-12H,2-4,13-16H2,1H3,(H,22,24). The maximum atomic E-state index is 12.6. The fourth-order valence-corrected chi connectivity index (χ4v) is 4.59. The molecular weight excluding hydrogens is 376 g/mol. The molecular formula is C21H26N2O4S. The first-order valence-electron chi connectivity index (χ1n) is 9.50. The van der Waals surface area contributed by atoms with Crippen molar-refractivity contribution in [1.82, 2.24) is 9.62 Å². The minimum absolute atomic E-state index is 0.121. The molecule has 0 saturated carbocycles. The molecule has 2 aromatic rings. The van der Waals surface area contributed by atoms with Gasteiger partial charge in [0.05, 0.1) is 4.90 Å². The molecule has 1 aliphatic heterocycles. The van der Waals surface area contributed by atoms with Crippen molar-refractivity contribution in [2.75, 3.05) is 19.7 Å². The van der Waals surface area contributed by atoms with Gasteiger partial charge in [0, 0.05) is 19.6 Å². The van der Waals surface area contributed by atoms with Crippen LogP contribution in [0.5, 0.6) is 5.75 Å². The van der Waals surface area contributed by atoms with Gasteiger partial charge in [-0.15, -0.1) is 0 Å². The van der Waals surface area contributed by atoms with Crippen LogP contribution in [-0.2, 0) is 21.4 Å². The van der Waals surface area contributed by atoms with Crippen molar-refractivity contribution >= 4 is 15.9 Å². The number of benzene rings is 2. The highest BCUT2D eigenvalue weighted by atomic mass is 32.2. The molecule has 1 aliphatic rings. The first-order valence-corrected chi connectivity index (χ1v) is 10.9. The van der Waals surface area contributed by atoms with Crippen molar-refractivity contribution in [1.29, 1.82) is 0 Å². The van der Waals surface area contributed by atoms with Crippen molar-refractivity contribution in [3.8, 4) is 5.75 Å². The summed E-state index contributed by atoms with van der Waals surface area (Å²) in [6.07, 6.45) is 2.88. The van der Waals surface area contributed by atoms with E-state index in [1.165, 1.54) is 22.0 Å². The summed E-state index contributed by atoms with van der Waals surface area (Å²) < 4.78 is 32.3. The molecule has 0 radical (unpaired) electrons. The molecule has 3 rings (SSSR count). The van der Waals surface area contributed by atoms with Gasteiger partial charge in [0.15, 0.2) is 6.61 Å². The van der Waals surface area contributed by atoms with Gasteiger partial charge in [-0.25, -0.2) is 8.42 Å². The number of sulfonamides is 1. The molecule has 0 aliphatic carbocycles. The number of nitrogens with zero attached hydrogens (tertiary/aromatic N) is 1. The lowest BCUT2D eigenvalue weighted by molar-refractivity contribution is -0.123. The Morgan fingerprint density at radius 1 is 1.00 bits per heavy atom. The van der Waals surface area contributed by atoms with Gasteiger partial charge in [-0.2, -0.15) is 4.31 Å². The second-order valence-corrected chi connectivity index (χ2v) is 8.93. The van der Waals surface area contributed by atoms with Gasteiger partial charge in [-0.05, 0) is 49.6 Å². The van der Waals surface area contributed by atoms with Gasteiger partial charge in [-0.1, -0.05) is 36.2 Å². The molecule has 28 heavy (non-hydrogen) atoms. The Hall–Kier alpha value is -2.38. The van der Waals surface area contributed by atoms with Crippen molar-refractivity contribution in [2.45, 2.75) is 37.6 Å². The molecule has 0 unspecified atom stereocenters. The topological polar surface area (TPSA) is 75.7 Å². The van der Waals surface area contributed by atoms with E-state index < -0.39 is 10.0 Å². The highest BCUT2D eigenvalue weighted by Gasteiger charge is 2.25.